The molecule has 1 saturated carbocycles. The highest BCUT2D eigenvalue weighted by atomic mass is 79.9. The van der Waals surface area contributed by atoms with Gasteiger partial charge in [0.05, 0.1) is 5.69 Å². The average molecular weight is 327 g/mol. The minimum absolute atomic E-state index is 0.225. The van der Waals surface area contributed by atoms with E-state index in [-0.39, 0.29) is 10.2 Å². The Morgan fingerprint density at radius 1 is 1.26 bits per heavy atom. The molecule has 0 aromatic heterocycles. The summed E-state index contributed by atoms with van der Waals surface area (Å²) in [5.41, 5.74) is -0.885. The van der Waals surface area contributed by atoms with Gasteiger partial charge in [-0.2, -0.15) is 0 Å². The molecule has 0 unspecified atom stereocenters. The number of benzene rings is 1. The summed E-state index contributed by atoms with van der Waals surface area (Å²) >= 11 is 3.11. The smallest absolute Gasteiger partial charge is 0.276 e. The van der Waals surface area contributed by atoms with E-state index in [1.165, 1.54) is 6.07 Å². The second kappa shape index (κ2) is 3.86. The van der Waals surface area contributed by atoms with Crippen molar-refractivity contribution in [2.75, 3.05) is 4.90 Å². The SMILES string of the molecule is O=C1NC(=O)C2(CC2)C(=O)N1c1ccc(F)cc1Br. The van der Waals surface area contributed by atoms with Crippen LogP contribution in [0.3, 0.4) is 0 Å². The minimum atomic E-state index is -1.11. The van der Waals surface area contributed by atoms with Crippen molar-refractivity contribution >= 4 is 39.5 Å². The number of hydrogen-bond acceptors (Lipinski definition) is 3. The van der Waals surface area contributed by atoms with E-state index in [0.29, 0.717) is 12.8 Å². The van der Waals surface area contributed by atoms with Crippen molar-refractivity contribution in [2.45, 2.75) is 12.8 Å². The Hall–Kier alpha value is -1.76. The number of anilines is 1. The van der Waals surface area contributed by atoms with Gasteiger partial charge in [-0.15, -0.1) is 0 Å². The van der Waals surface area contributed by atoms with Crippen LogP contribution in [-0.2, 0) is 9.59 Å². The van der Waals surface area contributed by atoms with Crippen molar-refractivity contribution in [1.82, 2.24) is 5.32 Å². The number of nitrogens with one attached hydrogen (secondary N) is 1. The summed E-state index contributed by atoms with van der Waals surface area (Å²) < 4.78 is 13.3. The molecule has 19 heavy (non-hydrogen) atoms. The molecule has 7 heteroatoms. The molecule has 1 N–H and O–H groups in total. The van der Waals surface area contributed by atoms with Crippen molar-refractivity contribution in [1.29, 1.82) is 0 Å². The van der Waals surface area contributed by atoms with Crippen LogP contribution in [-0.4, -0.2) is 17.8 Å². The van der Waals surface area contributed by atoms with Gasteiger partial charge >= 0.3 is 6.03 Å². The van der Waals surface area contributed by atoms with Crippen molar-refractivity contribution in [2.24, 2.45) is 5.41 Å². The van der Waals surface area contributed by atoms with Crippen LogP contribution in [0.5, 0.6) is 0 Å². The van der Waals surface area contributed by atoms with Crippen LogP contribution in [0, 0.1) is 11.2 Å². The number of urea groups is 1. The van der Waals surface area contributed by atoms with E-state index in [4.69, 9.17) is 0 Å². The van der Waals surface area contributed by atoms with Gasteiger partial charge in [0, 0.05) is 4.47 Å². The molecule has 4 amide bonds. The fourth-order valence-electron chi connectivity index (χ4n) is 2.12. The monoisotopic (exact) mass is 326 g/mol. The summed E-state index contributed by atoms with van der Waals surface area (Å²) in [6.45, 7) is 0. The zero-order chi connectivity index (χ0) is 13.8. The normalized spacial score (nSPS) is 20.7. The molecule has 1 aliphatic carbocycles. The van der Waals surface area contributed by atoms with Gasteiger partial charge < -0.3 is 0 Å². The lowest BCUT2D eigenvalue weighted by atomic mass is 10.0. The molecule has 0 radical (unpaired) electrons. The van der Waals surface area contributed by atoms with E-state index in [0.717, 1.165) is 17.0 Å². The van der Waals surface area contributed by atoms with Crippen LogP contribution < -0.4 is 10.2 Å². The van der Waals surface area contributed by atoms with Gasteiger partial charge in [-0.1, -0.05) is 0 Å². The Labute approximate surface area is 115 Å². The number of halogens is 2. The van der Waals surface area contributed by atoms with E-state index >= 15 is 0 Å². The Bertz CT molecular complexity index is 627. The van der Waals surface area contributed by atoms with E-state index < -0.39 is 29.1 Å². The van der Waals surface area contributed by atoms with Crippen molar-refractivity contribution < 1.29 is 18.8 Å². The molecule has 1 saturated heterocycles. The Morgan fingerprint density at radius 2 is 1.95 bits per heavy atom. The molecule has 3 rings (SSSR count). The van der Waals surface area contributed by atoms with Gasteiger partial charge in [0.2, 0.25) is 5.91 Å². The Kier molecular flexibility index (Phi) is 2.50. The van der Waals surface area contributed by atoms with Crippen LogP contribution in [0.4, 0.5) is 14.9 Å². The molecule has 2 aliphatic rings. The number of hydrogen-bond donors (Lipinski definition) is 1. The second-order valence-electron chi connectivity index (χ2n) is 4.58. The summed E-state index contributed by atoms with van der Waals surface area (Å²) in [4.78, 5) is 36.7. The molecule has 1 aromatic rings. The molecule has 0 atom stereocenters. The van der Waals surface area contributed by atoms with Gasteiger partial charge in [0.15, 0.2) is 0 Å². The number of nitrogens with zero attached hydrogens (tertiary/aromatic N) is 1. The molecule has 1 aliphatic heterocycles. The summed E-state index contributed by atoms with van der Waals surface area (Å²) in [5, 5.41) is 2.17. The summed E-state index contributed by atoms with van der Waals surface area (Å²) in [5.74, 6) is -1.58. The molecule has 5 nitrogen and oxygen atoms in total. The number of carbonyl (C=O) groups excluding carboxylic acids is 3. The lowest BCUT2D eigenvalue weighted by Gasteiger charge is -2.30. The van der Waals surface area contributed by atoms with Gasteiger partial charge in [0.1, 0.15) is 11.2 Å². The molecular formula is C12H8BrFN2O3. The standard InChI is InChI=1S/C12H8BrFN2O3/c13-7-5-6(14)1-2-8(7)16-10(18)12(3-4-12)9(17)15-11(16)19/h1-2,5H,3-4H2,(H,15,17,19). The van der Waals surface area contributed by atoms with E-state index in [9.17, 15) is 18.8 Å². The van der Waals surface area contributed by atoms with Crippen LogP contribution in [0.15, 0.2) is 22.7 Å². The first-order valence-electron chi connectivity index (χ1n) is 5.61. The minimum Gasteiger partial charge on any atom is -0.276 e. The topological polar surface area (TPSA) is 66.5 Å². The lowest BCUT2D eigenvalue weighted by Crippen LogP contribution is -2.59. The molecule has 1 heterocycles. The molecule has 98 valence electrons. The maximum atomic E-state index is 13.0. The first kappa shape index (κ1) is 12.3. The predicted molar refractivity (Wildman–Crippen MR) is 66.8 cm³/mol. The third-order valence-corrected chi connectivity index (χ3v) is 4.01. The average Bonchev–Trinajstić information content (AvgIpc) is 3.11. The highest BCUT2D eigenvalue weighted by molar-refractivity contribution is 9.10. The van der Waals surface area contributed by atoms with E-state index in [2.05, 4.69) is 21.2 Å². The van der Waals surface area contributed by atoms with Gasteiger partial charge in [-0.3, -0.25) is 14.9 Å². The molecule has 0 bridgehead atoms. The largest absolute Gasteiger partial charge is 0.335 e. The maximum Gasteiger partial charge on any atom is 0.335 e. The van der Waals surface area contributed by atoms with Gasteiger partial charge in [0.25, 0.3) is 5.91 Å². The molecular weight excluding hydrogens is 319 g/mol. The Morgan fingerprint density at radius 3 is 2.53 bits per heavy atom. The second-order valence-corrected chi connectivity index (χ2v) is 5.43. The fraction of sp³-hybridized carbons (Fsp3) is 0.250. The van der Waals surface area contributed by atoms with E-state index in [1.54, 1.807) is 0 Å². The van der Waals surface area contributed by atoms with Crippen molar-refractivity contribution in [3.63, 3.8) is 0 Å². The summed E-state index contributed by atoms with van der Waals surface area (Å²) in [7, 11) is 0. The van der Waals surface area contributed by atoms with Crippen LogP contribution in [0.1, 0.15) is 12.8 Å². The number of rotatable bonds is 1. The van der Waals surface area contributed by atoms with Crippen LogP contribution in [0.25, 0.3) is 0 Å². The number of barbiturate groups is 1. The molecule has 2 fully saturated rings. The maximum absolute atomic E-state index is 13.0. The number of amides is 4. The third kappa shape index (κ3) is 1.68. The zero-order valence-corrected chi connectivity index (χ0v) is 11.2. The Balaban J connectivity index is 2.06. The van der Waals surface area contributed by atoms with Crippen LogP contribution >= 0.6 is 15.9 Å². The fourth-order valence-corrected chi connectivity index (χ4v) is 2.65. The first-order valence-corrected chi connectivity index (χ1v) is 6.40. The summed E-state index contributed by atoms with van der Waals surface area (Å²) in [6, 6.07) is 2.82. The van der Waals surface area contributed by atoms with Gasteiger partial charge in [-0.25, -0.2) is 14.1 Å². The highest BCUT2D eigenvalue weighted by Crippen LogP contribution is 2.50. The van der Waals surface area contributed by atoms with E-state index in [1.807, 2.05) is 0 Å². The van der Waals surface area contributed by atoms with Crippen molar-refractivity contribution in [3.8, 4) is 0 Å². The molecule has 1 aromatic carbocycles. The van der Waals surface area contributed by atoms with Crippen molar-refractivity contribution in [3.05, 3.63) is 28.5 Å². The quantitative estimate of drug-likeness (QED) is 0.802. The highest BCUT2D eigenvalue weighted by Gasteiger charge is 2.62. The number of carbonyl (C=O) groups is 3. The molecule has 1 spiro atoms. The number of imide groups is 2. The lowest BCUT2D eigenvalue weighted by molar-refractivity contribution is -0.136. The summed E-state index contributed by atoms with van der Waals surface area (Å²) in [6.07, 6.45) is 0.862. The first-order chi connectivity index (χ1) is 8.95. The van der Waals surface area contributed by atoms with Gasteiger partial charge in [-0.05, 0) is 47.0 Å². The predicted octanol–water partition coefficient (Wildman–Crippen LogP) is 1.95. The van der Waals surface area contributed by atoms with Crippen LogP contribution in [0.2, 0.25) is 0 Å². The zero-order valence-electron chi connectivity index (χ0n) is 9.57. The third-order valence-electron chi connectivity index (χ3n) is 3.37.